The highest BCUT2D eigenvalue weighted by Gasteiger charge is 2.27. The second kappa shape index (κ2) is 8.20. The van der Waals surface area contributed by atoms with Crippen molar-refractivity contribution < 1.29 is 4.74 Å². The molecule has 0 fully saturated rings. The first kappa shape index (κ1) is 20.0. The first-order valence-corrected chi connectivity index (χ1v) is 10.6. The minimum atomic E-state index is 0.250. The van der Waals surface area contributed by atoms with E-state index in [1.165, 1.54) is 11.1 Å². The summed E-state index contributed by atoms with van der Waals surface area (Å²) in [5.41, 5.74) is 12.0. The zero-order chi connectivity index (χ0) is 20.5. The van der Waals surface area contributed by atoms with Gasteiger partial charge in [-0.2, -0.15) is 4.98 Å². The summed E-state index contributed by atoms with van der Waals surface area (Å²) in [6, 6.07) is 2.62. The van der Waals surface area contributed by atoms with Crippen LogP contribution in [0.3, 0.4) is 0 Å². The van der Waals surface area contributed by atoms with Crippen molar-refractivity contribution in [1.82, 2.24) is 15.3 Å². The van der Waals surface area contributed by atoms with Crippen molar-refractivity contribution in [2.75, 3.05) is 31.2 Å². The van der Waals surface area contributed by atoms with E-state index in [0.29, 0.717) is 16.9 Å². The van der Waals surface area contributed by atoms with Crippen LogP contribution in [0.2, 0.25) is 5.02 Å². The molecule has 6 nitrogen and oxygen atoms in total. The lowest BCUT2D eigenvalue weighted by molar-refractivity contribution is 0.287. The van der Waals surface area contributed by atoms with Crippen molar-refractivity contribution in [3.63, 3.8) is 0 Å². The van der Waals surface area contributed by atoms with E-state index in [9.17, 15) is 0 Å². The molecular formula is C22H28ClN5O. The standard InChI is InChI=1S/C22H28ClN5O/c1-12-6-7-14(8-9-26-12)18-19(23)16(11-15-5-4-10-29-20(15)18)17-13(2)27-22(24)28-21(17)25-3/h8,11-12,26H,4-7,9-10H2,1-3H3,(H3,24,25,27,28)/t12-/m0/s1. The summed E-state index contributed by atoms with van der Waals surface area (Å²) in [7, 11) is 1.84. The summed E-state index contributed by atoms with van der Waals surface area (Å²) >= 11 is 7.09. The van der Waals surface area contributed by atoms with Gasteiger partial charge in [0.2, 0.25) is 5.95 Å². The fourth-order valence-corrected chi connectivity index (χ4v) is 4.59. The Labute approximate surface area is 176 Å². The lowest BCUT2D eigenvalue weighted by Crippen LogP contribution is -2.24. The number of fused-ring (bicyclic) bond motifs is 1. The Morgan fingerprint density at radius 2 is 2.10 bits per heavy atom. The van der Waals surface area contributed by atoms with Gasteiger partial charge in [-0.1, -0.05) is 17.7 Å². The van der Waals surface area contributed by atoms with E-state index in [0.717, 1.165) is 67.0 Å². The Kier molecular flexibility index (Phi) is 5.65. The lowest BCUT2D eigenvalue weighted by atomic mass is 9.89. The Balaban J connectivity index is 1.95. The van der Waals surface area contributed by atoms with Gasteiger partial charge in [-0.15, -0.1) is 0 Å². The third-order valence-corrected chi connectivity index (χ3v) is 6.12. The molecule has 29 heavy (non-hydrogen) atoms. The van der Waals surface area contributed by atoms with Crippen LogP contribution in [0.4, 0.5) is 11.8 Å². The van der Waals surface area contributed by atoms with Crippen molar-refractivity contribution >= 4 is 28.9 Å². The molecule has 3 heterocycles. The molecule has 2 aliphatic heterocycles. The molecule has 0 aliphatic carbocycles. The number of halogens is 1. The van der Waals surface area contributed by atoms with Crippen molar-refractivity contribution in [3.05, 3.63) is 34.0 Å². The lowest BCUT2D eigenvalue weighted by Gasteiger charge is -2.25. The summed E-state index contributed by atoms with van der Waals surface area (Å²) in [6.45, 7) is 5.71. The minimum absolute atomic E-state index is 0.250. The summed E-state index contributed by atoms with van der Waals surface area (Å²) in [6.07, 6.45) is 6.24. The predicted octanol–water partition coefficient (Wildman–Crippen LogP) is 4.21. The maximum atomic E-state index is 7.09. The predicted molar refractivity (Wildman–Crippen MR) is 120 cm³/mol. The second-order valence-corrected chi connectivity index (χ2v) is 8.15. The number of aromatic nitrogens is 2. The molecule has 2 aromatic rings. The number of nitrogens with zero attached hydrogens (tertiary/aromatic N) is 2. The number of hydrogen-bond acceptors (Lipinski definition) is 6. The van der Waals surface area contributed by atoms with Gasteiger partial charge in [0.15, 0.2) is 0 Å². The van der Waals surface area contributed by atoms with Gasteiger partial charge in [0.1, 0.15) is 11.6 Å². The number of ether oxygens (including phenoxy) is 1. The summed E-state index contributed by atoms with van der Waals surface area (Å²) in [5, 5.41) is 7.37. The van der Waals surface area contributed by atoms with Crippen LogP contribution in [0.5, 0.6) is 5.75 Å². The average molecular weight is 414 g/mol. The van der Waals surface area contributed by atoms with Crippen LogP contribution < -0.4 is 21.1 Å². The van der Waals surface area contributed by atoms with Gasteiger partial charge >= 0.3 is 0 Å². The maximum absolute atomic E-state index is 7.09. The summed E-state index contributed by atoms with van der Waals surface area (Å²) in [4.78, 5) is 8.78. The molecule has 4 rings (SSSR count). The Hall–Kier alpha value is -2.31. The molecule has 4 N–H and O–H groups in total. The fraction of sp³-hybridized carbons (Fsp3) is 0.455. The molecule has 154 valence electrons. The van der Waals surface area contributed by atoms with E-state index < -0.39 is 0 Å². The van der Waals surface area contributed by atoms with Crippen LogP contribution >= 0.6 is 11.6 Å². The highest BCUT2D eigenvalue weighted by Crippen LogP contribution is 2.47. The number of anilines is 2. The number of nitrogens with one attached hydrogen (secondary N) is 2. The Bertz CT molecular complexity index is 972. The highest BCUT2D eigenvalue weighted by atomic mass is 35.5. The van der Waals surface area contributed by atoms with Crippen LogP contribution in [0.15, 0.2) is 12.1 Å². The van der Waals surface area contributed by atoms with Crippen molar-refractivity contribution in [2.45, 2.75) is 45.6 Å². The molecule has 0 bridgehead atoms. The van der Waals surface area contributed by atoms with Gasteiger partial charge in [0.25, 0.3) is 0 Å². The van der Waals surface area contributed by atoms with E-state index in [2.05, 4.69) is 39.7 Å². The molecule has 0 unspecified atom stereocenters. The molecule has 2 aliphatic rings. The number of benzene rings is 1. The molecule has 1 aromatic carbocycles. The maximum Gasteiger partial charge on any atom is 0.222 e. The van der Waals surface area contributed by atoms with Crippen molar-refractivity contribution in [2.24, 2.45) is 0 Å². The highest BCUT2D eigenvalue weighted by molar-refractivity contribution is 6.35. The van der Waals surface area contributed by atoms with Gasteiger partial charge in [0.05, 0.1) is 17.3 Å². The van der Waals surface area contributed by atoms with Gasteiger partial charge in [0, 0.05) is 36.3 Å². The van der Waals surface area contributed by atoms with E-state index in [1.54, 1.807) is 0 Å². The van der Waals surface area contributed by atoms with Crippen molar-refractivity contribution in [3.8, 4) is 16.9 Å². The van der Waals surface area contributed by atoms with Crippen LogP contribution in [-0.4, -0.2) is 36.2 Å². The normalized spacial score (nSPS) is 19.0. The number of allylic oxidation sites excluding steroid dienone is 1. The zero-order valence-corrected chi connectivity index (χ0v) is 18.0. The number of rotatable bonds is 3. The topological polar surface area (TPSA) is 85.1 Å². The van der Waals surface area contributed by atoms with E-state index in [1.807, 2.05) is 14.0 Å². The van der Waals surface area contributed by atoms with E-state index >= 15 is 0 Å². The van der Waals surface area contributed by atoms with Gasteiger partial charge in [-0.25, -0.2) is 4.98 Å². The first-order chi connectivity index (χ1) is 14.0. The monoisotopic (exact) mass is 413 g/mol. The zero-order valence-electron chi connectivity index (χ0n) is 17.2. The van der Waals surface area contributed by atoms with Crippen molar-refractivity contribution in [1.29, 1.82) is 0 Å². The fourth-order valence-electron chi connectivity index (χ4n) is 4.24. The van der Waals surface area contributed by atoms with Crippen LogP contribution in [0, 0.1) is 6.92 Å². The molecule has 1 aromatic heterocycles. The Morgan fingerprint density at radius 1 is 1.28 bits per heavy atom. The second-order valence-electron chi connectivity index (χ2n) is 7.77. The number of aryl methyl sites for hydroxylation is 2. The molecule has 0 amide bonds. The summed E-state index contributed by atoms with van der Waals surface area (Å²) < 4.78 is 6.14. The first-order valence-electron chi connectivity index (χ1n) is 10.2. The minimum Gasteiger partial charge on any atom is -0.493 e. The third-order valence-electron chi connectivity index (χ3n) is 5.73. The van der Waals surface area contributed by atoms with Crippen LogP contribution in [-0.2, 0) is 6.42 Å². The largest absolute Gasteiger partial charge is 0.493 e. The molecule has 0 saturated heterocycles. The van der Waals surface area contributed by atoms with E-state index in [-0.39, 0.29) is 5.95 Å². The summed E-state index contributed by atoms with van der Waals surface area (Å²) in [5.74, 6) is 1.87. The quantitative estimate of drug-likeness (QED) is 0.698. The number of nitrogen functional groups attached to an aromatic ring is 1. The Morgan fingerprint density at radius 3 is 2.90 bits per heavy atom. The SMILES string of the molecule is CNc1nc(N)nc(C)c1-c1cc2c(c(C3=CCN[C@@H](C)CC3)c1Cl)OCCC2. The third kappa shape index (κ3) is 3.79. The van der Waals surface area contributed by atoms with Crippen LogP contribution in [0.1, 0.15) is 43.0 Å². The van der Waals surface area contributed by atoms with Gasteiger partial charge in [-0.05, 0) is 56.7 Å². The molecular weight excluding hydrogens is 386 g/mol. The number of nitrogens with two attached hydrogens (primary N) is 1. The van der Waals surface area contributed by atoms with E-state index in [4.69, 9.17) is 22.1 Å². The van der Waals surface area contributed by atoms with Gasteiger partial charge < -0.3 is 21.1 Å². The molecule has 0 radical (unpaired) electrons. The smallest absolute Gasteiger partial charge is 0.222 e. The molecule has 0 spiro atoms. The average Bonchev–Trinajstić information content (AvgIpc) is 2.91. The van der Waals surface area contributed by atoms with Crippen LogP contribution in [0.25, 0.3) is 16.7 Å². The molecule has 1 atom stereocenters. The molecule has 7 heteroatoms. The molecule has 0 saturated carbocycles. The van der Waals surface area contributed by atoms with Gasteiger partial charge in [-0.3, -0.25) is 0 Å². The number of hydrogen-bond donors (Lipinski definition) is 3.